The zero-order chi connectivity index (χ0) is 8.10. The fourth-order valence-corrected chi connectivity index (χ4v) is 1.30. The van der Waals surface area contributed by atoms with Gasteiger partial charge in [0.15, 0.2) is 0 Å². The van der Waals surface area contributed by atoms with Crippen molar-refractivity contribution in [3.8, 4) is 0 Å². The minimum absolute atomic E-state index is 0.459. The van der Waals surface area contributed by atoms with E-state index < -0.39 is 0 Å². The Morgan fingerprint density at radius 2 is 2.64 bits per heavy atom. The first kappa shape index (κ1) is 8.31. The van der Waals surface area contributed by atoms with E-state index >= 15 is 0 Å². The fraction of sp³-hybridized carbons (Fsp3) is 0.667. The topological polar surface area (TPSA) is 29.1 Å². The maximum Gasteiger partial charge on any atom is 0.139 e. The van der Waals surface area contributed by atoms with E-state index in [4.69, 9.17) is 0 Å². The average Bonchev–Trinajstić information content (AvgIpc) is 2.04. The van der Waals surface area contributed by atoms with Crippen molar-refractivity contribution in [1.29, 1.82) is 0 Å². The summed E-state index contributed by atoms with van der Waals surface area (Å²) in [5.41, 5.74) is 1.25. The van der Waals surface area contributed by atoms with Gasteiger partial charge in [0, 0.05) is 5.70 Å². The van der Waals surface area contributed by atoms with E-state index in [0.717, 1.165) is 25.0 Å². The van der Waals surface area contributed by atoms with Crippen molar-refractivity contribution in [3.63, 3.8) is 0 Å². The van der Waals surface area contributed by atoms with Gasteiger partial charge in [0.25, 0.3) is 0 Å². The van der Waals surface area contributed by atoms with E-state index in [0.29, 0.717) is 6.54 Å². The van der Waals surface area contributed by atoms with Crippen LogP contribution in [0.2, 0.25) is 0 Å². The predicted octanol–water partition coefficient (Wildman–Crippen LogP) is 1.48. The summed E-state index contributed by atoms with van der Waals surface area (Å²) in [6, 6.07) is 0. The van der Waals surface area contributed by atoms with Gasteiger partial charge in [-0.3, -0.25) is 0 Å². The number of allylic oxidation sites excluding steroid dienone is 2. The molecule has 2 heteroatoms. The number of carbonyl (C=O) groups is 1. The first-order chi connectivity index (χ1) is 5.33. The molecule has 2 nitrogen and oxygen atoms in total. The summed E-state index contributed by atoms with van der Waals surface area (Å²) in [7, 11) is 0. The molecule has 1 aliphatic carbocycles. The van der Waals surface area contributed by atoms with Gasteiger partial charge in [0.05, 0.1) is 6.54 Å². The van der Waals surface area contributed by atoms with Crippen LogP contribution in [0.4, 0.5) is 0 Å². The summed E-state index contributed by atoms with van der Waals surface area (Å²) in [6.07, 6.45) is 6.62. The molecule has 1 atom stereocenters. The number of nitrogens with one attached hydrogen (secondary N) is 1. The van der Waals surface area contributed by atoms with Crippen molar-refractivity contribution in [3.05, 3.63) is 11.8 Å². The fourth-order valence-electron chi connectivity index (χ4n) is 1.30. The molecule has 0 aliphatic heterocycles. The highest BCUT2D eigenvalue weighted by Crippen LogP contribution is 2.20. The second-order valence-electron chi connectivity index (χ2n) is 3.16. The summed E-state index contributed by atoms with van der Waals surface area (Å²) in [4.78, 5) is 10.0. The SMILES string of the molecule is CC1CC=C(NCC=O)CC1. The Morgan fingerprint density at radius 3 is 3.18 bits per heavy atom. The molecule has 0 heterocycles. The zero-order valence-corrected chi connectivity index (χ0v) is 6.97. The monoisotopic (exact) mass is 153 g/mol. The average molecular weight is 153 g/mol. The highest BCUT2D eigenvalue weighted by molar-refractivity contribution is 5.52. The van der Waals surface area contributed by atoms with E-state index in [1.165, 1.54) is 12.1 Å². The number of hydrogen-bond donors (Lipinski definition) is 1. The molecular formula is C9H15NO. The number of hydrogen-bond acceptors (Lipinski definition) is 2. The molecule has 1 aliphatic rings. The molecule has 0 aromatic heterocycles. The molecule has 0 aromatic carbocycles. The van der Waals surface area contributed by atoms with Crippen LogP contribution in [0.5, 0.6) is 0 Å². The zero-order valence-electron chi connectivity index (χ0n) is 6.97. The van der Waals surface area contributed by atoms with Crippen LogP contribution in [-0.2, 0) is 4.79 Å². The third-order valence-corrected chi connectivity index (χ3v) is 2.09. The van der Waals surface area contributed by atoms with Crippen LogP contribution in [0.25, 0.3) is 0 Å². The quantitative estimate of drug-likeness (QED) is 0.622. The first-order valence-electron chi connectivity index (χ1n) is 4.19. The van der Waals surface area contributed by atoms with Gasteiger partial charge in [-0.05, 0) is 25.2 Å². The van der Waals surface area contributed by atoms with E-state index in [1.807, 2.05) is 0 Å². The lowest BCUT2D eigenvalue weighted by molar-refractivity contribution is -0.107. The van der Waals surface area contributed by atoms with Gasteiger partial charge < -0.3 is 10.1 Å². The third kappa shape index (κ3) is 2.74. The van der Waals surface area contributed by atoms with Crippen molar-refractivity contribution < 1.29 is 4.79 Å². The number of rotatable bonds is 3. The van der Waals surface area contributed by atoms with Gasteiger partial charge in [-0.1, -0.05) is 13.0 Å². The Bertz CT molecular complexity index is 163. The summed E-state index contributed by atoms with van der Waals surface area (Å²) in [5.74, 6) is 0.816. The lowest BCUT2D eigenvalue weighted by atomic mass is 9.94. The molecule has 62 valence electrons. The summed E-state index contributed by atoms with van der Waals surface area (Å²) >= 11 is 0. The molecule has 0 amide bonds. The summed E-state index contributed by atoms with van der Waals surface area (Å²) in [6.45, 7) is 2.72. The van der Waals surface area contributed by atoms with Gasteiger partial charge in [0.2, 0.25) is 0 Å². The molecule has 1 N–H and O–H groups in total. The van der Waals surface area contributed by atoms with Crippen LogP contribution in [0.3, 0.4) is 0 Å². The summed E-state index contributed by atoms with van der Waals surface area (Å²) in [5, 5.41) is 3.08. The van der Waals surface area contributed by atoms with Gasteiger partial charge in [-0.25, -0.2) is 0 Å². The molecule has 1 rings (SSSR count). The van der Waals surface area contributed by atoms with Crippen molar-refractivity contribution in [2.24, 2.45) is 5.92 Å². The molecule has 0 saturated carbocycles. The Balaban J connectivity index is 2.29. The molecule has 11 heavy (non-hydrogen) atoms. The van der Waals surface area contributed by atoms with E-state index in [-0.39, 0.29) is 0 Å². The summed E-state index contributed by atoms with van der Waals surface area (Å²) < 4.78 is 0. The normalized spacial score (nSPS) is 24.1. The second-order valence-corrected chi connectivity index (χ2v) is 3.16. The number of aldehydes is 1. The maximum absolute atomic E-state index is 10.0. The van der Waals surface area contributed by atoms with Gasteiger partial charge in [-0.15, -0.1) is 0 Å². The van der Waals surface area contributed by atoms with Gasteiger partial charge >= 0.3 is 0 Å². The molecule has 0 saturated heterocycles. The lowest BCUT2D eigenvalue weighted by Gasteiger charge is -2.18. The highest BCUT2D eigenvalue weighted by atomic mass is 16.1. The Kier molecular flexibility index (Phi) is 3.14. The van der Waals surface area contributed by atoms with Crippen molar-refractivity contribution in [2.45, 2.75) is 26.2 Å². The Hall–Kier alpha value is -0.790. The first-order valence-corrected chi connectivity index (χ1v) is 4.19. The standard InChI is InChI=1S/C9H15NO/c1-8-2-4-9(5-3-8)10-6-7-11/h4,7-8,10H,2-3,5-6H2,1H3. The van der Waals surface area contributed by atoms with E-state index in [1.54, 1.807) is 0 Å². The van der Waals surface area contributed by atoms with E-state index in [9.17, 15) is 4.79 Å². The smallest absolute Gasteiger partial charge is 0.139 e. The Morgan fingerprint density at radius 1 is 1.82 bits per heavy atom. The third-order valence-electron chi connectivity index (χ3n) is 2.09. The van der Waals surface area contributed by atoms with Crippen molar-refractivity contribution >= 4 is 6.29 Å². The number of carbonyl (C=O) groups excluding carboxylic acids is 1. The largest absolute Gasteiger partial charge is 0.382 e. The lowest BCUT2D eigenvalue weighted by Crippen LogP contribution is -2.18. The minimum Gasteiger partial charge on any atom is -0.382 e. The van der Waals surface area contributed by atoms with Crippen LogP contribution in [0.1, 0.15) is 26.2 Å². The second kappa shape index (κ2) is 4.16. The molecule has 0 radical (unpaired) electrons. The van der Waals surface area contributed by atoms with E-state index in [2.05, 4.69) is 18.3 Å². The predicted molar refractivity (Wildman–Crippen MR) is 45.2 cm³/mol. The van der Waals surface area contributed by atoms with Crippen LogP contribution >= 0.6 is 0 Å². The van der Waals surface area contributed by atoms with Gasteiger partial charge in [0.1, 0.15) is 6.29 Å². The van der Waals surface area contributed by atoms with Crippen LogP contribution in [-0.4, -0.2) is 12.8 Å². The van der Waals surface area contributed by atoms with Gasteiger partial charge in [-0.2, -0.15) is 0 Å². The molecule has 0 aromatic rings. The van der Waals surface area contributed by atoms with Crippen LogP contribution in [0, 0.1) is 5.92 Å². The molecule has 0 bridgehead atoms. The Labute approximate surface area is 67.7 Å². The van der Waals surface area contributed by atoms with Crippen LogP contribution in [0.15, 0.2) is 11.8 Å². The van der Waals surface area contributed by atoms with Crippen molar-refractivity contribution in [1.82, 2.24) is 5.32 Å². The maximum atomic E-state index is 10.0. The molecule has 0 fully saturated rings. The molecule has 1 unspecified atom stereocenters. The highest BCUT2D eigenvalue weighted by Gasteiger charge is 2.08. The molecular weight excluding hydrogens is 138 g/mol. The van der Waals surface area contributed by atoms with Crippen molar-refractivity contribution in [2.75, 3.05) is 6.54 Å². The minimum atomic E-state index is 0.459. The van der Waals surface area contributed by atoms with Crippen LogP contribution < -0.4 is 5.32 Å². The molecule has 0 spiro atoms.